The van der Waals surface area contributed by atoms with Crippen molar-refractivity contribution in [2.45, 2.75) is 44.7 Å². The molecule has 0 aliphatic heterocycles. The zero-order valence-corrected chi connectivity index (χ0v) is 10.4. The molecule has 0 saturated heterocycles. The predicted molar refractivity (Wildman–Crippen MR) is 69.4 cm³/mol. The molecule has 0 heterocycles. The van der Waals surface area contributed by atoms with Crippen LogP contribution in [0.2, 0.25) is 0 Å². The molecule has 0 radical (unpaired) electrons. The van der Waals surface area contributed by atoms with E-state index in [-0.39, 0.29) is 0 Å². The second-order valence-electron chi connectivity index (χ2n) is 4.98. The molecule has 1 aliphatic carbocycles. The zero-order chi connectivity index (χ0) is 12.1. The second-order valence-corrected chi connectivity index (χ2v) is 4.98. The fourth-order valence-corrected chi connectivity index (χ4v) is 2.58. The molecule has 1 fully saturated rings. The normalized spacial score (nSPS) is 26.1. The highest BCUT2D eigenvalue weighted by molar-refractivity contribution is 5.18. The molecule has 1 aromatic rings. The molecule has 2 heteroatoms. The van der Waals surface area contributed by atoms with Gasteiger partial charge in [0.2, 0.25) is 0 Å². The van der Waals surface area contributed by atoms with Gasteiger partial charge >= 0.3 is 0 Å². The van der Waals surface area contributed by atoms with Gasteiger partial charge in [-0.1, -0.05) is 30.3 Å². The van der Waals surface area contributed by atoms with E-state index in [1.54, 1.807) is 0 Å². The van der Waals surface area contributed by atoms with Crippen molar-refractivity contribution in [1.29, 1.82) is 5.26 Å². The average molecular weight is 228 g/mol. The summed E-state index contributed by atoms with van der Waals surface area (Å²) in [6.07, 6.45) is 4.37. The van der Waals surface area contributed by atoms with E-state index in [0.29, 0.717) is 18.0 Å². The number of rotatable bonds is 3. The van der Waals surface area contributed by atoms with Crippen LogP contribution in [0.1, 0.15) is 44.2 Å². The third-order valence-corrected chi connectivity index (χ3v) is 3.70. The van der Waals surface area contributed by atoms with Crippen LogP contribution in [0.3, 0.4) is 0 Å². The molecule has 0 aromatic heterocycles. The molecule has 0 spiro atoms. The number of hydrogen-bond acceptors (Lipinski definition) is 2. The van der Waals surface area contributed by atoms with E-state index in [2.05, 4.69) is 42.6 Å². The van der Waals surface area contributed by atoms with E-state index in [4.69, 9.17) is 5.26 Å². The summed E-state index contributed by atoms with van der Waals surface area (Å²) in [7, 11) is 0. The molecule has 0 amide bonds. The van der Waals surface area contributed by atoms with Gasteiger partial charge in [0.25, 0.3) is 0 Å². The minimum Gasteiger partial charge on any atom is -0.307 e. The van der Waals surface area contributed by atoms with Crippen molar-refractivity contribution in [3.63, 3.8) is 0 Å². The Kier molecular flexibility index (Phi) is 4.17. The van der Waals surface area contributed by atoms with Crippen molar-refractivity contribution < 1.29 is 0 Å². The van der Waals surface area contributed by atoms with E-state index >= 15 is 0 Å². The Morgan fingerprint density at radius 2 is 1.82 bits per heavy atom. The second kappa shape index (κ2) is 5.84. The van der Waals surface area contributed by atoms with Crippen LogP contribution in [-0.2, 0) is 0 Å². The van der Waals surface area contributed by atoms with Crippen LogP contribution >= 0.6 is 0 Å². The molecule has 2 nitrogen and oxygen atoms in total. The van der Waals surface area contributed by atoms with Crippen molar-refractivity contribution in [3.8, 4) is 6.07 Å². The van der Waals surface area contributed by atoms with Crippen molar-refractivity contribution in [2.24, 2.45) is 5.92 Å². The molecule has 17 heavy (non-hydrogen) atoms. The molecule has 2 rings (SSSR count). The van der Waals surface area contributed by atoms with Crippen LogP contribution < -0.4 is 5.32 Å². The maximum atomic E-state index is 8.87. The maximum absolute atomic E-state index is 8.87. The van der Waals surface area contributed by atoms with E-state index in [0.717, 1.165) is 25.7 Å². The Bertz CT molecular complexity index is 372. The summed E-state index contributed by atoms with van der Waals surface area (Å²) in [5, 5.41) is 12.5. The van der Waals surface area contributed by atoms with Gasteiger partial charge < -0.3 is 5.32 Å². The highest BCUT2D eigenvalue weighted by Crippen LogP contribution is 2.25. The number of nitriles is 1. The molecular weight excluding hydrogens is 208 g/mol. The maximum Gasteiger partial charge on any atom is 0.0655 e. The molecule has 1 N–H and O–H groups in total. The number of nitrogens with zero attached hydrogens (tertiary/aromatic N) is 1. The average Bonchev–Trinajstić information content (AvgIpc) is 2.40. The first-order valence-electron chi connectivity index (χ1n) is 6.50. The Hall–Kier alpha value is -1.33. The molecule has 1 aromatic carbocycles. The van der Waals surface area contributed by atoms with E-state index < -0.39 is 0 Å². The first-order chi connectivity index (χ1) is 8.29. The number of hydrogen-bond donors (Lipinski definition) is 1. The molecule has 1 aliphatic rings. The molecule has 0 bridgehead atoms. The lowest BCUT2D eigenvalue weighted by Gasteiger charge is -2.28. The van der Waals surface area contributed by atoms with Gasteiger partial charge in [0.15, 0.2) is 0 Å². The van der Waals surface area contributed by atoms with E-state index in [1.807, 2.05) is 6.07 Å². The fraction of sp³-hybridized carbons (Fsp3) is 0.533. The van der Waals surface area contributed by atoms with Gasteiger partial charge in [-0.05, 0) is 38.2 Å². The van der Waals surface area contributed by atoms with Crippen molar-refractivity contribution in [2.75, 3.05) is 0 Å². The molecule has 90 valence electrons. The predicted octanol–water partition coefficient (Wildman–Crippen LogP) is 3.42. The Morgan fingerprint density at radius 3 is 2.41 bits per heavy atom. The standard InChI is InChI=1S/C15H20N2/c1-12(14-5-3-2-4-6-14)17-15-9-7-13(11-16)8-10-15/h2-6,12-13,15,17H,7-10H2,1H3. The highest BCUT2D eigenvalue weighted by atomic mass is 14.9. The quantitative estimate of drug-likeness (QED) is 0.860. The first kappa shape index (κ1) is 12.1. The summed E-state index contributed by atoms with van der Waals surface area (Å²) in [6.45, 7) is 2.21. The minimum absolute atomic E-state index is 0.292. The van der Waals surface area contributed by atoms with Crippen LogP contribution in [0, 0.1) is 17.2 Å². The lowest BCUT2D eigenvalue weighted by molar-refractivity contribution is 0.313. The summed E-state index contributed by atoms with van der Waals surface area (Å²) in [6, 6.07) is 13.9. The van der Waals surface area contributed by atoms with Crippen LogP contribution in [0.25, 0.3) is 0 Å². The van der Waals surface area contributed by atoms with Gasteiger partial charge in [0.1, 0.15) is 0 Å². The molecule has 1 saturated carbocycles. The number of benzene rings is 1. The topological polar surface area (TPSA) is 35.8 Å². The minimum atomic E-state index is 0.292. The third-order valence-electron chi connectivity index (χ3n) is 3.70. The fourth-order valence-electron chi connectivity index (χ4n) is 2.58. The molecular formula is C15H20N2. The van der Waals surface area contributed by atoms with Gasteiger partial charge in [-0.2, -0.15) is 5.26 Å². The zero-order valence-electron chi connectivity index (χ0n) is 10.4. The Balaban J connectivity index is 1.84. The molecule has 1 unspecified atom stereocenters. The number of nitrogens with one attached hydrogen (secondary N) is 1. The van der Waals surface area contributed by atoms with E-state index in [1.165, 1.54) is 5.56 Å². The smallest absolute Gasteiger partial charge is 0.0655 e. The largest absolute Gasteiger partial charge is 0.307 e. The van der Waals surface area contributed by atoms with Crippen molar-refractivity contribution >= 4 is 0 Å². The SMILES string of the molecule is CC(NC1CCC(C#N)CC1)c1ccccc1. The van der Waals surface area contributed by atoms with Gasteiger partial charge in [-0.25, -0.2) is 0 Å². The monoisotopic (exact) mass is 228 g/mol. The lowest BCUT2D eigenvalue weighted by Crippen LogP contribution is -2.34. The van der Waals surface area contributed by atoms with E-state index in [9.17, 15) is 0 Å². The van der Waals surface area contributed by atoms with Crippen LogP contribution in [0.4, 0.5) is 0 Å². The van der Waals surface area contributed by atoms with Crippen molar-refractivity contribution in [3.05, 3.63) is 35.9 Å². The summed E-state index contributed by atoms with van der Waals surface area (Å²) < 4.78 is 0. The lowest BCUT2D eigenvalue weighted by atomic mass is 9.86. The summed E-state index contributed by atoms with van der Waals surface area (Å²) >= 11 is 0. The van der Waals surface area contributed by atoms with Gasteiger partial charge in [0.05, 0.1) is 6.07 Å². The van der Waals surface area contributed by atoms with Gasteiger partial charge in [-0.15, -0.1) is 0 Å². The summed E-state index contributed by atoms with van der Waals surface area (Å²) in [5.74, 6) is 0.292. The van der Waals surface area contributed by atoms with Crippen molar-refractivity contribution in [1.82, 2.24) is 5.32 Å². The summed E-state index contributed by atoms with van der Waals surface area (Å²) in [5.41, 5.74) is 1.34. The van der Waals surface area contributed by atoms with Crippen LogP contribution in [-0.4, -0.2) is 6.04 Å². The third kappa shape index (κ3) is 3.31. The van der Waals surface area contributed by atoms with Crippen LogP contribution in [0.5, 0.6) is 0 Å². The summed E-state index contributed by atoms with van der Waals surface area (Å²) in [4.78, 5) is 0. The van der Waals surface area contributed by atoms with Gasteiger partial charge in [-0.3, -0.25) is 0 Å². The Labute approximate surface area is 104 Å². The first-order valence-corrected chi connectivity index (χ1v) is 6.50. The highest BCUT2D eigenvalue weighted by Gasteiger charge is 2.21. The molecule has 1 atom stereocenters. The van der Waals surface area contributed by atoms with Crippen LogP contribution in [0.15, 0.2) is 30.3 Å². The Morgan fingerprint density at radius 1 is 1.18 bits per heavy atom. The van der Waals surface area contributed by atoms with Gasteiger partial charge in [0, 0.05) is 18.0 Å².